The molecule has 0 aliphatic carbocycles. The Kier molecular flexibility index (Phi) is 5.57. The topological polar surface area (TPSA) is 85.1 Å². The van der Waals surface area contributed by atoms with Gasteiger partial charge >= 0.3 is 0 Å². The number of nitrogens with one attached hydrogen (secondary N) is 1. The molecule has 3 aromatic rings. The fourth-order valence-corrected chi connectivity index (χ4v) is 3.44. The maximum Gasteiger partial charge on any atom is 0.274 e. The van der Waals surface area contributed by atoms with Gasteiger partial charge in [-0.1, -0.05) is 12.1 Å². The van der Waals surface area contributed by atoms with E-state index in [9.17, 15) is 4.79 Å². The first kappa shape index (κ1) is 19.4. The summed E-state index contributed by atoms with van der Waals surface area (Å²) in [5.74, 6) is 0.258. The van der Waals surface area contributed by atoms with Crippen molar-refractivity contribution in [3.05, 3.63) is 77.6 Å². The molecule has 1 fully saturated rings. The summed E-state index contributed by atoms with van der Waals surface area (Å²) in [6.07, 6.45) is 1.61. The van der Waals surface area contributed by atoms with Crippen LogP contribution in [0.3, 0.4) is 0 Å². The van der Waals surface area contributed by atoms with Crippen molar-refractivity contribution in [2.75, 3.05) is 41.3 Å². The second-order valence-electron chi connectivity index (χ2n) is 7.20. The molecule has 2 aromatic carbocycles. The van der Waals surface area contributed by atoms with Crippen LogP contribution in [-0.4, -0.2) is 42.1 Å². The molecule has 2 heterocycles. The number of nitriles is 1. The first-order valence-corrected chi connectivity index (χ1v) is 9.83. The number of carbonyl (C=O) groups excluding carboxylic acids is 1. The van der Waals surface area contributed by atoms with Gasteiger partial charge < -0.3 is 15.1 Å². The predicted molar refractivity (Wildman–Crippen MR) is 117 cm³/mol. The van der Waals surface area contributed by atoms with Crippen molar-refractivity contribution in [2.45, 2.75) is 6.92 Å². The number of piperazine rings is 1. The SMILES string of the molecule is Cc1cccc(N2CCN(c3nccc(C(=O)Nc4ccc(C#N)cc4)n3)CC2)c1. The molecule has 0 spiro atoms. The zero-order valence-electron chi connectivity index (χ0n) is 16.7. The van der Waals surface area contributed by atoms with Crippen molar-refractivity contribution in [3.63, 3.8) is 0 Å². The minimum Gasteiger partial charge on any atom is -0.368 e. The third-order valence-electron chi connectivity index (χ3n) is 5.08. The number of rotatable bonds is 4. The van der Waals surface area contributed by atoms with Crippen LogP contribution in [0.15, 0.2) is 60.8 Å². The molecule has 1 aromatic heterocycles. The molecule has 0 saturated carbocycles. The molecule has 0 unspecified atom stereocenters. The molecule has 0 radical (unpaired) electrons. The first-order valence-electron chi connectivity index (χ1n) is 9.83. The molecular formula is C23H22N6O. The van der Waals surface area contributed by atoms with Crippen molar-refractivity contribution in [3.8, 4) is 6.07 Å². The molecule has 0 atom stereocenters. The monoisotopic (exact) mass is 398 g/mol. The molecule has 1 amide bonds. The van der Waals surface area contributed by atoms with Crippen LogP contribution in [0.5, 0.6) is 0 Å². The van der Waals surface area contributed by atoms with E-state index in [1.165, 1.54) is 11.3 Å². The number of carbonyl (C=O) groups is 1. The smallest absolute Gasteiger partial charge is 0.274 e. The molecule has 1 aliphatic rings. The second-order valence-corrected chi connectivity index (χ2v) is 7.20. The first-order chi connectivity index (χ1) is 14.6. The zero-order valence-corrected chi connectivity index (χ0v) is 16.7. The predicted octanol–water partition coefficient (Wildman–Crippen LogP) is 3.24. The van der Waals surface area contributed by atoms with Crippen molar-refractivity contribution in [2.24, 2.45) is 0 Å². The number of aryl methyl sites for hydroxylation is 1. The lowest BCUT2D eigenvalue weighted by atomic mass is 10.2. The number of benzene rings is 2. The average molecular weight is 398 g/mol. The van der Waals surface area contributed by atoms with E-state index in [1.807, 2.05) is 0 Å². The van der Waals surface area contributed by atoms with Crippen LogP contribution < -0.4 is 15.1 Å². The minimum atomic E-state index is -0.304. The van der Waals surface area contributed by atoms with Crippen LogP contribution >= 0.6 is 0 Å². The Bertz CT molecular complexity index is 1080. The molecule has 0 bridgehead atoms. The Morgan fingerprint density at radius 2 is 1.77 bits per heavy atom. The van der Waals surface area contributed by atoms with Crippen LogP contribution in [0.1, 0.15) is 21.6 Å². The average Bonchev–Trinajstić information content (AvgIpc) is 2.80. The zero-order chi connectivity index (χ0) is 20.9. The van der Waals surface area contributed by atoms with E-state index in [-0.39, 0.29) is 5.91 Å². The van der Waals surface area contributed by atoms with Crippen LogP contribution in [0.2, 0.25) is 0 Å². The molecule has 4 rings (SSSR count). The quantitative estimate of drug-likeness (QED) is 0.726. The van der Waals surface area contributed by atoms with Gasteiger partial charge in [0.15, 0.2) is 0 Å². The summed E-state index contributed by atoms with van der Waals surface area (Å²) in [6.45, 7) is 5.41. The lowest BCUT2D eigenvalue weighted by Crippen LogP contribution is -2.47. The standard InChI is InChI=1S/C23H22N6O/c1-17-3-2-4-20(15-17)28-11-13-29(14-12-28)23-25-10-9-21(27-23)22(30)26-19-7-5-18(16-24)6-8-19/h2-10,15H,11-14H2,1H3,(H,26,30). The highest BCUT2D eigenvalue weighted by Crippen LogP contribution is 2.20. The summed E-state index contributed by atoms with van der Waals surface area (Å²) in [5, 5.41) is 11.7. The van der Waals surface area contributed by atoms with Gasteiger partial charge in [0.25, 0.3) is 5.91 Å². The number of hydrogen-bond acceptors (Lipinski definition) is 6. The number of anilines is 3. The van der Waals surface area contributed by atoms with E-state index in [0.717, 1.165) is 26.2 Å². The van der Waals surface area contributed by atoms with E-state index < -0.39 is 0 Å². The Balaban J connectivity index is 1.41. The fourth-order valence-electron chi connectivity index (χ4n) is 3.44. The van der Waals surface area contributed by atoms with Gasteiger partial charge in [-0.15, -0.1) is 0 Å². The molecule has 1 N–H and O–H groups in total. The lowest BCUT2D eigenvalue weighted by molar-refractivity contribution is 0.102. The summed E-state index contributed by atoms with van der Waals surface area (Å²) in [5.41, 5.74) is 3.95. The van der Waals surface area contributed by atoms with Gasteiger partial charge in [0.05, 0.1) is 11.6 Å². The summed E-state index contributed by atoms with van der Waals surface area (Å²) >= 11 is 0. The van der Waals surface area contributed by atoms with Crippen LogP contribution in [0, 0.1) is 18.3 Å². The Hall–Kier alpha value is -3.92. The highest BCUT2D eigenvalue weighted by Gasteiger charge is 2.20. The molecule has 30 heavy (non-hydrogen) atoms. The van der Waals surface area contributed by atoms with E-state index in [1.54, 1.807) is 36.5 Å². The Labute approximate surface area is 175 Å². The number of aromatic nitrogens is 2. The van der Waals surface area contributed by atoms with Gasteiger partial charge in [0.2, 0.25) is 5.95 Å². The van der Waals surface area contributed by atoms with Crippen LogP contribution in [-0.2, 0) is 0 Å². The molecular weight excluding hydrogens is 376 g/mol. The summed E-state index contributed by atoms with van der Waals surface area (Å²) < 4.78 is 0. The van der Waals surface area contributed by atoms with Crippen LogP contribution in [0.4, 0.5) is 17.3 Å². The Morgan fingerprint density at radius 3 is 2.47 bits per heavy atom. The third kappa shape index (κ3) is 4.39. The summed E-state index contributed by atoms with van der Waals surface area (Å²) in [7, 11) is 0. The lowest BCUT2D eigenvalue weighted by Gasteiger charge is -2.36. The van der Waals surface area contributed by atoms with E-state index in [0.29, 0.717) is 22.9 Å². The highest BCUT2D eigenvalue weighted by molar-refractivity contribution is 6.03. The minimum absolute atomic E-state index is 0.304. The summed E-state index contributed by atoms with van der Waals surface area (Å²) in [4.78, 5) is 25.9. The number of nitrogens with zero attached hydrogens (tertiary/aromatic N) is 5. The van der Waals surface area contributed by atoms with Gasteiger partial charge in [-0.05, 0) is 55.0 Å². The summed E-state index contributed by atoms with van der Waals surface area (Å²) in [6, 6.07) is 18.9. The van der Waals surface area contributed by atoms with Crippen molar-refractivity contribution >= 4 is 23.2 Å². The van der Waals surface area contributed by atoms with Gasteiger partial charge in [-0.2, -0.15) is 5.26 Å². The van der Waals surface area contributed by atoms with Crippen LogP contribution in [0.25, 0.3) is 0 Å². The second kappa shape index (κ2) is 8.62. The number of hydrogen-bond donors (Lipinski definition) is 1. The van der Waals surface area contributed by atoms with Crippen molar-refractivity contribution < 1.29 is 4.79 Å². The normalized spacial score (nSPS) is 13.6. The third-order valence-corrected chi connectivity index (χ3v) is 5.08. The molecule has 150 valence electrons. The molecule has 1 aliphatic heterocycles. The molecule has 7 nitrogen and oxygen atoms in total. The molecule has 7 heteroatoms. The maximum atomic E-state index is 12.6. The van der Waals surface area contributed by atoms with Gasteiger partial charge in [0, 0.05) is 43.8 Å². The van der Waals surface area contributed by atoms with E-state index in [4.69, 9.17) is 5.26 Å². The van der Waals surface area contributed by atoms with E-state index >= 15 is 0 Å². The Morgan fingerprint density at radius 1 is 1.03 bits per heavy atom. The van der Waals surface area contributed by atoms with Gasteiger partial charge in [-0.25, -0.2) is 9.97 Å². The van der Waals surface area contributed by atoms with Crippen molar-refractivity contribution in [1.29, 1.82) is 5.26 Å². The van der Waals surface area contributed by atoms with Gasteiger partial charge in [-0.3, -0.25) is 4.79 Å². The van der Waals surface area contributed by atoms with E-state index in [2.05, 4.69) is 62.3 Å². The van der Waals surface area contributed by atoms with Crippen molar-refractivity contribution in [1.82, 2.24) is 9.97 Å². The number of amides is 1. The fraction of sp³-hybridized carbons (Fsp3) is 0.217. The maximum absolute atomic E-state index is 12.6. The largest absolute Gasteiger partial charge is 0.368 e. The highest BCUT2D eigenvalue weighted by atomic mass is 16.1. The van der Waals surface area contributed by atoms with Gasteiger partial charge in [0.1, 0.15) is 5.69 Å². The molecule has 1 saturated heterocycles.